The van der Waals surface area contributed by atoms with Crippen molar-refractivity contribution in [3.63, 3.8) is 0 Å². The lowest BCUT2D eigenvalue weighted by atomic mass is 10.0. The highest BCUT2D eigenvalue weighted by atomic mass is 35.5. The van der Waals surface area contributed by atoms with Crippen LogP contribution in [0.5, 0.6) is 0 Å². The Morgan fingerprint density at radius 2 is 1.52 bits per heavy atom. The van der Waals surface area contributed by atoms with Gasteiger partial charge in [-0.25, -0.2) is 0 Å². The first kappa shape index (κ1) is 16.5. The lowest BCUT2D eigenvalue weighted by molar-refractivity contribution is 0.217. The van der Waals surface area contributed by atoms with Gasteiger partial charge in [0, 0.05) is 26.2 Å². The molecule has 0 heterocycles. The van der Waals surface area contributed by atoms with Crippen LogP contribution in [-0.2, 0) is 10.1 Å². The Hall–Kier alpha value is -0.820. The van der Waals surface area contributed by atoms with Crippen molar-refractivity contribution in [1.82, 2.24) is 0 Å². The number of rotatable bonds is 3. The molecule has 0 aromatic heterocycles. The number of hydrogen-bond donors (Lipinski definition) is 2. The molecule has 1 unspecified atom stereocenters. The zero-order chi connectivity index (χ0) is 15.8. The maximum atomic E-state index is 11.4. The first-order valence-electron chi connectivity index (χ1n) is 5.60. The third-order valence-electron chi connectivity index (χ3n) is 2.81. The van der Waals surface area contributed by atoms with E-state index >= 15 is 0 Å². The van der Waals surface area contributed by atoms with Crippen molar-refractivity contribution in [2.45, 2.75) is 11.0 Å². The lowest BCUT2D eigenvalue weighted by Crippen LogP contribution is -2.09. The van der Waals surface area contributed by atoms with Gasteiger partial charge in [0.05, 0.1) is 0 Å². The van der Waals surface area contributed by atoms with Gasteiger partial charge in [-0.2, -0.15) is 8.42 Å². The van der Waals surface area contributed by atoms with Crippen LogP contribution in [0.2, 0.25) is 15.1 Å². The third-order valence-corrected chi connectivity index (χ3v) is 4.58. The highest BCUT2D eigenvalue weighted by molar-refractivity contribution is 7.85. The summed E-state index contributed by atoms with van der Waals surface area (Å²) in [5.74, 6) is 0. The Morgan fingerprint density at radius 1 is 1.00 bits per heavy atom. The summed E-state index contributed by atoms with van der Waals surface area (Å²) < 4.78 is 32.0. The van der Waals surface area contributed by atoms with Crippen LogP contribution in [0.15, 0.2) is 41.3 Å². The fourth-order valence-corrected chi connectivity index (χ4v) is 3.66. The van der Waals surface area contributed by atoms with Crippen molar-refractivity contribution in [3.8, 4) is 0 Å². The second-order valence-electron chi connectivity index (χ2n) is 4.20. The molecule has 0 amide bonds. The van der Waals surface area contributed by atoms with E-state index in [0.29, 0.717) is 0 Å². The predicted molar refractivity (Wildman–Crippen MR) is 81.8 cm³/mol. The highest BCUT2D eigenvalue weighted by Gasteiger charge is 2.25. The molecule has 0 spiro atoms. The van der Waals surface area contributed by atoms with E-state index in [4.69, 9.17) is 34.8 Å². The smallest absolute Gasteiger partial charge is 0.294 e. The summed E-state index contributed by atoms with van der Waals surface area (Å²) in [5.41, 5.74) is 0.0740. The summed E-state index contributed by atoms with van der Waals surface area (Å²) >= 11 is 17.8. The van der Waals surface area contributed by atoms with Crippen LogP contribution >= 0.6 is 34.8 Å². The quantitative estimate of drug-likeness (QED) is 0.805. The van der Waals surface area contributed by atoms with E-state index in [9.17, 15) is 18.1 Å². The topological polar surface area (TPSA) is 74.6 Å². The van der Waals surface area contributed by atoms with Crippen LogP contribution in [0.25, 0.3) is 0 Å². The Bertz CT molecular complexity index is 767. The zero-order valence-electron chi connectivity index (χ0n) is 10.3. The van der Waals surface area contributed by atoms with Crippen molar-refractivity contribution >= 4 is 44.9 Å². The molecule has 4 nitrogen and oxygen atoms in total. The molecule has 0 aliphatic rings. The molecule has 112 valence electrons. The minimum Gasteiger partial charge on any atom is -0.384 e. The van der Waals surface area contributed by atoms with E-state index in [0.717, 1.165) is 0 Å². The Morgan fingerprint density at radius 3 is 2.05 bits per heavy atom. The summed E-state index contributed by atoms with van der Waals surface area (Å²) in [5, 5.41) is 10.9. The van der Waals surface area contributed by atoms with Gasteiger partial charge in [-0.1, -0.05) is 53.0 Å². The molecule has 0 radical (unpaired) electrons. The molecule has 2 aromatic carbocycles. The molecule has 2 N–H and O–H groups in total. The highest BCUT2D eigenvalue weighted by Crippen LogP contribution is 2.38. The van der Waals surface area contributed by atoms with Crippen molar-refractivity contribution < 1.29 is 18.1 Å². The van der Waals surface area contributed by atoms with Crippen LogP contribution in [-0.4, -0.2) is 18.1 Å². The maximum Gasteiger partial charge on any atom is 0.294 e. The van der Waals surface area contributed by atoms with Gasteiger partial charge in [0.25, 0.3) is 10.1 Å². The zero-order valence-corrected chi connectivity index (χ0v) is 13.4. The van der Waals surface area contributed by atoms with Crippen molar-refractivity contribution in [3.05, 3.63) is 62.6 Å². The summed E-state index contributed by atoms with van der Waals surface area (Å²) in [6.45, 7) is 0. The van der Waals surface area contributed by atoms with E-state index in [1.165, 1.54) is 36.4 Å². The molecule has 2 rings (SSSR count). The number of hydrogen-bond acceptors (Lipinski definition) is 3. The maximum absolute atomic E-state index is 11.4. The minimum absolute atomic E-state index is 0.0360. The summed E-state index contributed by atoms with van der Waals surface area (Å²) in [7, 11) is -4.49. The van der Waals surface area contributed by atoms with Gasteiger partial charge < -0.3 is 5.11 Å². The molecule has 0 aliphatic heterocycles. The monoisotopic (exact) mass is 366 g/mol. The molecule has 0 aliphatic carbocycles. The second kappa shape index (κ2) is 6.12. The van der Waals surface area contributed by atoms with Gasteiger partial charge in [-0.15, -0.1) is 0 Å². The van der Waals surface area contributed by atoms with Crippen molar-refractivity contribution in [2.24, 2.45) is 0 Å². The Kier molecular flexibility index (Phi) is 4.82. The van der Waals surface area contributed by atoms with Crippen LogP contribution in [0, 0.1) is 0 Å². The van der Waals surface area contributed by atoms with Crippen molar-refractivity contribution in [2.75, 3.05) is 0 Å². The fourth-order valence-electron chi connectivity index (χ4n) is 1.91. The normalized spacial score (nSPS) is 13.2. The van der Waals surface area contributed by atoms with E-state index in [-0.39, 0.29) is 26.2 Å². The number of benzene rings is 2. The lowest BCUT2D eigenvalue weighted by Gasteiger charge is -2.17. The fraction of sp³-hybridized carbons (Fsp3) is 0.0769. The molecule has 0 fully saturated rings. The average molecular weight is 368 g/mol. The standard InChI is InChI=1S/C13H9Cl3O4S/c14-7-5-9(15)12(10(16)6-7)13(17)8-3-1-2-4-11(8)21(18,19)20/h1-6,13,17H,(H,18,19,20). The van der Waals surface area contributed by atoms with E-state index in [1.54, 1.807) is 0 Å². The Balaban J connectivity index is 2.65. The molecular formula is C13H9Cl3O4S. The molecule has 8 heteroatoms. The number of aliphatic hydroxyl groups excluding tert-OH is 1. The van der Waals surface area contributed by atoms with Gasteiger partial charge >= 0.3 is 0 Å². The summed E-state index contributed by atoms with van der Waals surface area (Å²) in [6.07, 6.45) is -1.43. The van der Waals surface area contributed by atoms with E-state index < -0.39 is 21.1 Å². The first-order valence-corrected chi connectivity index (χ1v) is 8.18. The molecule has 0 saturated carbocycles. The van der Waals surface area contributed by atoms with E-state index in [2.05, 4.69) is 0 Å². The van der Waals surface area contributed by atoms with E-state index in [1.807, 2.05) is 0 Å². The van der Waals surface area contributed by atoms with Gasteiger partial charge in [-0.05, 0) is 18.2 Å². The minimum atomic E-state index is -4.49. The SMILES string of the molecule is O=S(=O)(O)c1ccccc1C(O)c1c(Cl)cc(Cl)cc1Cl. The van der Waals surface area contributed by atoms with Gasteiger partial charge in [-0.3, -0.25) is 4.55 Å². The second-order valence-corrected chi connectivity index (χ2v) is 6.84. The first-order chi connectivity index (χ1) is 9.71. The number of halogens is 3. The molecular weight excluding hydrogens is 359 g/mol. The van der Waals surface area contributed by atoms with Crippen LogP contribution < -0.4 is 0 Å². The van der Waals surface area contributed by atoms with Gasteiger partial charge in [0.1, 0.15) is 11.0 Å². The van der Waals surface area contributed by atoms with Crippen LogP contribution in [0.3, 0.4) is 0 Å². The van der Waals surface area contributed by atoms with Crippen LogP contribution in [0.1, 0.15) is 17.2 Å². The molecule has 2 aromatic rings. The predicted octanol–water partition coefficient (Wildman–Crippen LogP) is 3.98. The van der Waals surface area contributed by atoms with Gasteiger partial charge in [0.2, 0.25) is 0 Å². The molecule has 21 heavy (non-hydrogen) atoms. The molecule has 0 bridgehead atoms. The van der Waals surface area contributed by atoms with Gasteiger partial charge in [0.15, 0.2) is 0 Å². The largest absolute Gasteiger partial charge is 0.384 e. The van der Waals surface area contributed by atoms with Crippen molar-refractivity contribution in [1.29, 1.82) is 0 Å². The third kappa shape index (κ3) is 3.51. The van der Waals surface area contributed by atoms with Crippen LogP contribution in [0.4, 0.5) is 0 Å². The molecule has 0 saturated heterocycles. The summed E-state index contributed by atoms with van der Waals surface area (Å²) in [4.78, 5) is -0.417. The Labute approximate surface area is 136 Å². The average Bonchev–Trinajstić information content (AvgIpc) is 2.36. The number of aliphatic hydroxyl groups is 1. The molecule has 1 atom stereocenters. The summed E-state index contributed by atoms with van der Waals surface area (Å²) in [6, 6.07) is 8.23.